The van der Waals surface area contributed by atoms with E-state index in [1.807, 2.05) is 12.2 Å². The van der Waals surface area contributed by atoms with E-state index in [9.17, 15) is 43.5 Å². The van der Waals surface area contributed by atoms with Crippen LogP contribution in [0.4, 0.5) is 0 Å². The molecule has 0 aromatic heterocycles. The van der Waals surface area contributed by atoms with Crippen LogP contribution in [0.15, 0.2) is 182 Å². The molecule has 111 heavy (non-hydrogen) atoms. The molecule has 0 saturated carbocycles. The van der Waals surface area contributed by atoms with Gasteiger partial charge in [0.05, 0.1) is 26.4 Å². The summed E-state index contributed by atoms with van der Waals surface area (Å²) in [6.07, 6.45) is 110. The molecule has 0 aromatic rings. The van der Waals surface area contributed by atoms with Gasteiger partial charge in [-0.1, -0.05) is 344 Å². The minimum atomic E-state index is -4.96. The van der Waals surface area contributed by atoms with Gasteiger partial charge in [-0.25, -0.2) is 9.13 Å². The largest absolute Gasteiger partial charge is 0.472 e. The van der Waals surface area contributed by atoms with Crippen LogP contribution in [0, 0.1) is 0 Å². The maximum atomic E-state index is 13.0. The van der Waals surface area contributed by atoms with Gasteiger partial charge in [0.15, 0.2) is 6.10 Å². The molecule has 16 nitrogen and oxygen atoms in total. The van der Waals surface area contributed by atoms with Gasteiger partial charge in [0.25, 0.3) is 0 Å². The molecule has 0 radical (unpaired) electrons. The molecule has 5 unspecified atom stereocenters. The van der Waals surface area contributed by atoms with Crippen molar-refractivity contribution in [1.82, 2.24) is 0 Å². The Morgan fingerprint density at radius 1 is 0.252 bits per heavy atom. The molecule has 0 aliphatic carbocycles. The molecule has 0 rings (SSSR count). The SMILES string of the molecule is CC/C=C\C/C=C\C/C=C\C/C=C\C/C=C\CCCCCCCCCCCCCCCC(=O)OCC(O)COP(=O)(O)OCC(O)COP(=O)(O)OCC(COC(=O)CCCCCCCCCCCCCCC/C=C\C/C=C\C/C=C\C/C=C\C/C=C\CC)OC(=O)CCC/C=C\C/C=C\C/C=C\C/C=C\C/C=C\CC. The van der Waals surface area contributed by atoms with Crippen LogP contribution in [-0.4, -0.2) is 95.9 Å². The number of allylic oxidation sites excluding steroid dienone is 30. The molecule has 0 fully saturated rings. The van der Waals surface area contributed by atoms with E-state index < -0.39 is 91.5 Å². The molecular weight excluding hydrogens is 1430 g/mol. The van der Waals surface area contributed by atoms with Gasteiger partial charge >= 0.3 is 33.6 Å². The molecule has 0 bridgehead atoms. The smallest absolute Gasteiger partial charge is 0.463 e. The molecule has 0 spiro atoms. The summed E-state index contributed by atoms with van der Waals surface area (Å²) in [7, 11) is -9.83. The van der Waals surface area contributed by atoms with Gasteiger partial charge in [-0.2, -0.15) is 0 Å². The van der Waals surface area contributed by atoms with Crippen molar-refractivity contribution in [2.75, 3.05) is 39.6 Å². The summed E-state index contributed by atoms with van der Waals surface area (Å²) in [6.45, 7) is 2.28. The Morgan fingerprint density at radius 2 is 0.459 bits per heavy atom. The average Bonchev–Trinajstić information content (AvgIpc) is 0.901. The Labute approximate surface area is 675 Å². The topological polar surface area (TPSA) is 231 Å². The Hall–Kier alpha value is -5.35. The van der Waals surface area contributed by atoms with E-state index in [-0.39, 0.29) is 19.3 Å². The minimum Gasteiger partial charge on any atom is -0.463 e. The molecule has 4 N–H and O–H groups in total. The lowest BCUT2D eigenvalue weighted by molar-refractivity contribution is -0.161. The molecule has 18 heteroatoms. The van der Waals surface area contributed by atoms with Crippen molar-refractivity contribution in [2.24, 2.45) is 0 Å². The van der Waals surface area contributed by atoms with Gasteiger partial charge in [0, 0.05) is 19.3 Å². The second-order valence-corrected chi connectivity index (χ2v) is 31.1. The highest BCUT2D eigenvalue weighted by molar-refractivity contribution is 7.47. The lowest BCUT2D eigenvalue weighted by Crippen LogP contribution is -2.30. The predicted molar refractivity (Wildman–Crippen MR) is 463 cm³/mol. The van der Waals surface area contributed by atoms with Crippen LogP contribution in [0.2, 0.25) is 0 Å². The van der Waals surface area contributed by atoms with Gasteiger partial charge < -0.3 is 34.2 Å². The molecule has 5 atom stereocenters. The number of unbranched alkanes of at least 4 members (excludes halogenated alkanes) is 27. The molecule has 0 aromatic carbocycles. The fourth-order valence-electron chi connectivity index (χ4n) is 11.2. The van der Waals surface area contributed by atoms with E-state index in [1.54, 1.807) is 0 Å². The van der Waals surface area contributed by atoms with Crippen molar-refractivity contribution in [3.05, 3.63) is 182 Å². The summed E-state index contributed by atoms with van der Waals surface area (Å²) < 4.78 is 61.3. The fourth-order valence-corrected chi connectivity index (χ4v) is 12.8. The first kappa shape index (κ1) is 106. The Bertz CT molecular complexity index is 2750. The molecule has 0 aliphatic heterocycles. The van der Waals surface area contributed by atoms with Crippen molar-refractivity contribution in [3.63, 3.8) is 0 Å². The molecular formula is C93H154O16P2. The number of carbonyl (C=O) groups excluding carboxylic acids is 3. The zero-order chi connectivity index (χ0) is 80.8. The van der Waals surface area contributed by atoms with E-state index >= 15 is 0 Å². The second kappa shape index (κ2) is 84.1. The zero-order valence-electron chi connectivity index (χ0n) is 69.3. The van der Waals surface area contributed by atoms with E-state index in [2.05, 4.69) is 191 Å². The molecule has 0 heterocycles. The number of hydrogen-bond acceptors (Lipinski definition) is 14. The van der Waals surface area contributed by atoms with Crippen LogP contribution in [-0.2, 0) is 55.8 Å². The van der Waals surface area contributed by atoms with Crippen LogP contribution < -0.4 is 0 Å². The number of hydrogen-bond donors (Lipinski definition) is 4. The van der Waals surface area contributed by atoms with E-state index in [4.69, 9.17) is 32.3 Å². The first-order valence-corrected chi connectivity index (χ1v) is 46.1. The van der Waals surface area contributed by atoms with Crippen LogP contribution in [0.5, 0.6) is 0 Å². The highest BCUT2D eigenvalue weighted by Crippen LogP contribution is 2.45. The van der Waals surface area contributed by atoms with Gasteiger partial charge in [0.1, 0.15) is 25.4 Å². The van der Waals surface area contributed by atoms with Crippen LogP contribution in [0.3, 0.4) is 0 Å². The predicted octanol–water partition coefficient (Wildman–Crippen LogP) is 26.1. The van der Waals surface area contributed by atoms with Gasteiger partial charge in [-0.15, -0.1) is 0 Å². The number of rotatable bonds is 80. The standard InChI is InChI=1S/C93H154O16P2/c1-4-7-10-13-16-19-22-25-28-31-33-35-37-39-41-43-45-47-49-51-53-56-58-61-64-67-70-73-76-79-91(96)103-82-88(94)83-105-110(99,100)106-84-89(95)85-107-111(101,102)108-87-90(109-93(98)81-78-75-72-69-66-63-60-55-30-27-24-21-18-15-12-9-6-3)86-104-92(97)80-77-74-71-68-65-62-59-57-54-52-50-48-46-44-42-40-38-36-34-32-29-26-23-20-17-14-11-8-5-2/h7-12,16-21,25-30,33-36,39-42,60,63,69,72,88-90,94-95H,4-6,13-15,22-24,31-32,37-38,43-59,61-62,64-68,70-71,73-87H2,1-3H3,(H,99,100)(H,101,102)/b10-7-,11-8-,12-9-,19-16-,20-17-,21-18-,28-25-,29-26-,30-27-,35-33-,36-34-,41-39-,42-40-,63-60-,72-69-. The molecule has 0 amide bonds. The molecule has 0 saturated heterocycles. The highest BCUT2D eigenvalue weighted by atomic mass is 31.2. The lowest BCUT2D eigenvalue weighted by Gasteiger charge is -2.21. The summed E-state index contributed by atoms with van der Waals surface area (Å²) in [5, 5.41) is 20.7. The van der Waals surface area contributed by atoms with Crippen molar-refractivity contribution in [3.8, 4) is 0 Å². The van der Waals surface area contributed by atoms with Crippen molar-refractivity contribution in [2.45, 2.75) is 347 Å². The highest BCUT2D eigenvalue weighted by Gasteiger charge is 2.29. The monoisotopic (exact) mass is 1590 g/mol. The number of aliphatic hydroxyl groups is 2. The number of ether oxygens (including phenoxy) is 3. The third kappa shape index (κ3) is 85.4. The van der Waals surface area contributed by atoms with Crippen molar-refractivity contribution in [1.29, 1.82) is 0 Å². The van der Waals surface area contributed by atoms with E-state index in [1.165, 1.54) is 109 Å². The van der Waals surface area contributed by atoms with Gasteiger partial charge in [-0.3, -0.25) is 32.5 Å². The maximum Gasteiger partial charge on any atom is 0.472 e. The number of phosphoric acid groups is 2. The van der Waals surface area contributed by atoms with Crippen molar-refractivity contribution >= 4 is 33.6 Å². The lowest BCUT2D eigenvalue weighted by atomic mass is 10.0. The average molecular weight is 1590 g/mol. The summed E-state index contributed by atoms with van der Waals surface area (Å²) >= 11 is 0. The Kier molecular flexibility index (Phi) is 80.0. The third-order valence-electron chi connectivity index (χ3n) is 17.6. The van der Waals surface area contributed by atoms with E-state index in [0.29, 0.717) is 25.7 Å². The van der Waals surface area contributed by atoms with Crippen LogP contribution in [0.25, 0.3) is 0 Å². The zero-order valence-corrected chi connectivity index (χ0v) is 71.1. The number of aliphatic hydroxyl groups excluding tert-OH is 2. The number of carbonyl (C=O) groups is 3. The summed E-state index contributed by atoms with van der Waals surface area (Å²) in [4.78, 5) is 58.8. The number of phosphoric ester groups is 2. The summed E-state index contributed by atoms with van der Waals surface area (Å²) in [5.41, 5.74) is 0. The first-order valence-electron chi connectivity index (χ1n) is 43.1. The normalized spacial score (nSPS) is 14.8. The van der Waals surface area contributed by atoms with Crippen LogP contribution in [0.1, 0.15) is 329 Å². The van der Waals surface area contributed by atoms with Gasteiger partial charge in [-0.05, 0) is 148 Å². The van der Waals surface area contributed by atoms with Crippen molar-refractivity contribution < 1.29 is 75.8 Å². The maximum absolute atomic E-state index is 13.0. The fraction of sp³-hybridized carbons (Fsp3) is 0.645. The number of esters is 3. The molecule has 632 valence electrons. The van der Waals surface area contributed by atoms with E-state index in [0.717, 1.165) is 154 Å². The summed E-state index contributed by atoms with van der Waals surface area (Å²) in [5.74, 6) is -1.65. The minimum absolute atomic E-state index is 0.0212. The third-order valence-corrected chi connectivity index (χ3v) is 19.5. The van der Waals surface area contributed by atoms with Gasteiger partial charge in [0.2, 0.25) is 0 Å². The molecule has 0 aliphatic rings. The second-order valence-electron chi connectivity index (χ2n) is 28.2. The Morgan fingerprint density at radius 3 is 0.739 bits per heavy atom. The van der Waals surface area contributed by atoms with Crippen LogP contribution >= 0.6 is 15.6 Å². The first-order chi connectivity index (χ1) is 54.2. The Balaban J connectivity index is 4.59. The quantitative estimate of drug-likeness (QED) is 0.0146. The summed E-state index contributed by atoms with van der Waals surface area (Å²) in [6, 6.07) is 0.